The number of nitrogens with one attached hydrogen (secondary N) is 1. The zero-order chi connectivity index (χ0) is 19.1. The maximum absolute atomic E-state index is 13.6. The highest BCUT2D eigenvalue weighted by Gasteiger charge is 2.19. The number of anilines is 1. The van der Waals surface area contributed by atoms with Crippen molar-refractivity contribution in [2.45, 2.75) is 33.1 Å². The van der Waals surface area contributed by atoms with Gasteiger partial charge in [-0.1, -0.05) is 50.2 Å². The SMILES string of the molecule is CC(=O)N(CC(=O)NCCc1ccccc1F)c1ccccc1C(C)C. The highest BCUT2D eigenvalue weighted by atomic mass is 19.1. The summed E-state index contributed by atoms with van der Waals surface area (Å²) in [4.78, 5) is 25.9. The second kappa shape index (κ2) is 9.13. The van der Waals surface area contributed by atoms with Crippen LogP contribution in [-0.4, -0.2) is 24.9 Å². The summed E-state index contributed by atoms with van der Waals surface area (Å²) in [6.07, 6.45) is 0.404. The summed E-state index contributed by atoms with van der Waals surface area (Å²) in [6, 6.07) is 14.1. The van der Waals surface area contributed by atoms with Gasteiger partial charge in [-0.3, -0.25) is 9.59 Å². The van der Waals surface area contributed by atoms with Crippen LogP contribution in [0, 0.1) is 5.82 Å². The summed E-state index contributed by atoms with van der Waals surface area (Å²) in [5, 5.41) is 2.76. The molecule has 0 unspecified atom stereocenters. The summed E-state index contributed by atoms with van der Waals surface area (Å²) in [6.45, 7) is 5.80. The molecule has 0 heterocycles. The number of halogens is 1. The maximum Gasteiger partial charge on any atom is 0.240 e. The molecule has 2 aromatic rings. The quantitative estimate of drug-likeness (QED) is 0.823. The van der Waals surface area contributed by atoms with Gasteiger partial charge in [0.1, 0.15) is 12.4 Å². The van der Waals surface area contributed by atoms with E-state index in [1.807, 2.05) is 38.1 Å². The van der Waals surface area contributed by atoms with Crippen LogP contribution in [0.4, 0.5) is 10.1 Å². The van der Waals surface area contributed by atoms with Gasteiger partial charge in [-0.15, -0.1) is 0 Å². The summed E-state index contributed by atoms with van der Waals surface area (Å²) in [7, 11) is 0. The van der Waals surface area contributed by atoms with Crippen molar-refractivity contribution in [1.29, 1.82) is 0 Å². The third-order valence-corrected chi connectivity index (χ3v) is 4.21. The molecule has 0 aliphatic heterocycles. The van der Waals surface area contributed by atoms with Gasteiger partial charge < -0.3 is 10.2 Å². The number of benzene rings is 2. The minimum absolute atomic E-state index is 0.0592. The summed E-state index contributed by atoms with van der Waals surface area (Å²) < 4.78 is 13.6. The first kappa shape index (κ1) is 19.6. The lowest BCUT2D eigenvalue weighted by atomic mass is 10.0. The van der Waals surface area contributed by atoms with E-state index in [4.69, 9.17) is 0 Å². The van der Waals surface area contributed by atoms with Gasteiger partial charge in [-0.05, 0) is 35.6 Å². The van der Waals surface area contributed by atoms with Crippen molar-refractivity contribution in [2.75, 3.05) is 18.0 Å². The van der Waals surface area contributed by atoms with Crippen LogP contribution < -0.4 is 10.2 Å². The van der Waals surface area contributed by atoms with Crippen molar-refractivity contribution in [3.05, 3.63) is 65.5 Å². The predicted octanol–water partition coefficient (Wildman–Crippen LogP) is 3.66. The Labute approximate surface area is 154 Å². The zero-order valence-electron chi connectivity index (χ0n) is 15.5. The molecule has 4 nitrogen and oxygen atoms in total. The molecule has 0 atom stereocenters. The Morgan fingerprint density at radius 3 is 2.38 bits per heavy atom. The van der Waals surface area contributed by atoms with Gasteiger partial charge in [0.05, 0.1) is 0 Å². The van der Waals surface area contributed by atoms with Crippen molar-refractivity contribution in [3.8, 4) is 0 Å². The van der Waals surface area contributed by atoms with E-state index in [1.165, 1.54) is 17.9 Å². The van der Waals surface area contributed by atoms with Crippen LogP contribution in [0.25, 0.3) is 0 Å². The van der Waals surface area contributed by atoms with Crippen LogP contribution >= 0.6 is 0 Å². The largest absolute Gasteiger partial charge is 0.354 e. The second-order valence-electron chi connectivity index (χ2n) is 6.51. The lowest BCUT2D eigenvalue weighted by Crippen LogP contribution is -2.41. The van der Waals surface area contributed by atoms with Gasteiger partial charge in [-0.25, -0.2) is 4.39 Å². The standard InChI is InChI=1S/C21H25FN2O2/c1-15(2)18-9-5-7-11-20(18)24(16(3)25)14-21(26)23-13-12-17-8-4-6-10-19(17)22/h4-11,15H,12-14H2,1-3H3,(H,23,26). The van der Waals surface area contributed by atoms with Crippen LogP contribution in [0.2, 0.25) is 0 Å². The first-order valence-corrected chi connectivity index (χ1v) is 8.77. The number of amides is 2. The molecule has 0 saturated heterocycles. The third-order valence-electron chi connectivity index (χ3n) is 4.21. The predicted molar refractivity (Wildman–Crippen MR) is 102 cm³/mol. The van der Waals surface area contributed by atoms with Crippen LogP contribution in [0.15, 0.2) is 48.5 Å². The lowest BCUT2D eigenvalue weighted by Gasteiger charge is -2.25. The molecule has 5 heteroatoms. The average molecular weight is 356 g/mol. The maximum atomic E-state index is 13.6. The number of rotatable bonds is 7. The molecule has 2 amide bonds. The summed E-state index contributed by atoms with van der Waals surface area (Å²) >= 11 is 0. The van der Waals surface area contributed by atoms with Gasteiger partial charge in [0, 0.05) is 19.2 Å². The first-order valence-electron chi connectivity index (χ1n) is 8.77. The Hall–Kier alpha value is -2.69. The number of carbonyl (C=O) groups is 2. The molecule has 26 heavy (non-hydrogen) atoms. The summed E-state index contributed by atoms with van der Waals surface area (Å²) in [5.74, 6) is -0.507. The van der Waals surface area contributed by atoms with Gasteiger partial charge >= 0.3 is 0 Å². The second-order valence-corrected chi connectivity index (χ2v) is 6.51. The Balaban J connectivity index is 2.01. The number of carbonyl (C=O) groups excluding carboxylic acids is 2. The number of hydrogen-bond acceptors (Lipinski definition) is 2. The molecule has 0 fully saturated rings. The van der Waals surface area contributed by atoms with Crippen molar-refractivity contribution in [2.24, 2.45) is 0 Å². The molecule has 0 saturated carbocycles. The van der Waals surface area contributed by atoms with Crippen LogP contribution in [0.1, 0.15) is 37.8 Å². The molecule has 0 spiro atoms. The highest BCUT2D eigenvalue weighted by molar-refractivity contribution is 5.98. The Morgan fingerprint density at radius 2 is 1.73 bits per heavy atom. The minimum Gasteiger partial charge on any atom is -0.354 e. The Bertz CT molecular complexity index is 774. The van der Waals surface area contributed by atoms with E-state index >= 15 is 0 Å². The fourth-order valence-electron chi connectivity index (χ4n) is 2.82. The molecule has 0 aromatic heterocycles. The molecule has 0 bridgehead atoms. The fourth-order valence-corrected chi connectivity index (χ4v) is 2.82. The van der Waals surface area contributed by atoms with Gasteiger partial charge in [0.15, 0.2) is 0 Å². The van der Waals surface area contributed by atoms with Crippen molar-refractivity contribution < 1.29 is 14.0 Å². The Kier molecular flexibility index (Phi) is 6.89. The zero-order valence-corrected chi connectivity index (χ0v) is 15.5. The molecular formula is C21H25FN2O2. The lowest BCUT2D eigenvalue weighted by molar-refractivity contribution is -0.123. The molecule has 0 radical (unpaired) electrons. The van der Waals surface area contributed by atoms with E-state index in [0.29, 0.717) is 18.5 Å². The number of nitrogens with zero attached hydrogens (tertiary/aromatic N) is 1. The normalized spacial score (nSPS) is 10.7. The van der Waals surface area contributed by atoms with Crippen molar-refractivity contribution >= 4 is 17.5 Å². The third kappa shape index (κ3) is 5.15. The van der Waals surface area contributed by atoms with Gasteiger partial charge in [0.25, 0.3) is 0 Å². The molecule has 2 aromatic carbocycles. The first-order chi connectivity index (χ1) is 12.4. The number of hydrogen-bond donors (Lipinski definition) is 1. The van der Waals surface area contributed by atoms with E-state index in [-0.39, 0.29) is 30.1 Å². The van der Waals surface area contributed by atoms with E-state index in [9.17, 15) is 14.0 Å². The van der Waals surface area contributed by atoms with Gasteiger partial charge in [-0.2, -0.15) is 0 Å². The van der Waals surface area contributed by atoms with E-state index in [0.717, 1.165) is 11.3 Å². The smallest absolute Gasteiger partial charge is 0.240 e. The molecule has 2 rings (SSSR count). The van der Waals surface area contributed by atoms with E-state index in [2.05, 4.69) is 5.32 Å². The van der Waals surface area contributed by atoms with Gasteiger partial charge in [0.2, 0.25) is 11.8 Å². The van der Waals surface area contributed by atoms with Crippen molar-refractivity contribution in [1.82, 2.24) is 5.32 Å². The molecular weight excluding hydrogens is 331 g/mol. The van der Waals surface area contributed by atoms with E-state index in [1.54, 1.807) is 18.2 Å². The topological polar surface area (TPSA) is 49.4 Å². The molecule has 0 aliphatic rings. The highest BCUT2D eigenvalue weighted by Crippen LogP contribution is 2.27. The molecule has 1 N–H and O–H groups in total. The van der Waals surface area contributed by atoms with Crippen LogP contribution in [-0.2, 0) is 16.0 Å². The van der Waals surface area contributed by atoms with Crippen LogP contribution in [0.5, 0.6) is 0 Å². The van der Waals surface area contributed by atoms with Crippen molar-refractivity contribution in [3.63, 3.8) is 0 Å². The number of para-hydroxylation sites is 1. The molecule has 138 valence electrons. The molecule has 0 aliphatic carbocycles. The monoisotopic (exact) mass is 356 g/mol. The van der Waals surface area contributed by atoms with E-state index < -0.39 is 0 Å². The fraction of sp³-hybridized carbons (Fsp3) is 0.333. The van der Waals surface area contributed by atoms with Crippen LogP contribution in [0.3, 0.4) is 0 Å². The average Bonchev–Trinajstić information content (AvgIpc) is 2.61. The Morgan fingerprint density at radius 1 is 1.08 bits per heavy atom. The minimum atomic E-state index is -0.280. The summed E-state index contributed by atoms with van der Waals surface area (Å²) in [5.41, 5.74) is 2.32.